The minimum Gasteiger partial charge on any atom is -0.497 e. The molecule has 1 aliphatic carbocycles. The van der Waals surface area contributed by atoms with Crippen molar-refractivity contribution in [2.24, 2.45) is 5.92 Å². The van der Waals surface area contributed by atoms with Crippen molar-refractivity contribution in [3.8, 4) is 11.5 Å². The Morgan fingerprint density at radius 3 is 2.37 bits per heavy atom. The largest absolute Gasteiger partial charge is 0.497 e. The fourth-order valence-electron chi connectivity index (χ4n) is 5.64. The van der Waals surface area contributed by atoms with Crippen molar-refractivity contribution in [2.75, 3.05) is 13.7 Å². The molecule has 6 heteroatoms. The Kier molecular flexibility index (Phi) is 8.58. The van der Waals surface area contributed by atoms with Crippen molar-refractivity contribution < 1.29 is 23.8 Å². The first-order chi connectivity index (χ1) is 19.9. The van der Waals surface area contributed by atoms with Gasteiger partial charge < -0.3 is 19.5 Å². The van der Waals surface area contributed by atoms with Gasteiger partial charge in [-0.1, -0.05) is 74.5 Å². The monoisotopic (exact) mass is 551 g/mol. The number of ketones is 1. The zero-order valence-electron chi connectivity index (χ0n) is 24.1. The Balaban J connectivity index is 1.55. The van der Waals surface area contributed by atoms with Gasteiger partial charge in [0.1, 0.15) is 18.1 Å². The fraction of sp³-hybridized carbons (Fsp3) is 0.314. The number of rotatable bonds is 9. The summed E-state index contributed by atoms with van der Waals surface area (Å²) >= 11 is 0. The van der Waals surface area contributed by atoms with E-state index in [0.717, 1.165) is 28.1 Å². The average Bonchev–Trinajstić information content (AvgIpc) is 2.98. The SMILES string of the molecule is COc1ccc([C@@H]2CC(=O)C3=C(C2)NC(C)=C(C(=O)OCC(C)C)[C@@H]3c2ccccc2OCc2ccccc2)cc1. The van der Waals surface area contributed by atoms with E-state index in [9.17, 15) is 9.59 Å². The summed E-state index contributed by atoms with van der Waals surface area (Å²) in [6.07, 6.45) is 1.01. The van der Waals surface area contributed by atoms with Crippen LogP contribution in [0, 0.1) is 5.92 Å². The number of dihydropyridines is 1. The van der Waals surface area contributed by atoms with Crippen LogP contribution < -0.4 is 14.8 Å². The Bertz CT molecular complexity index is 1470. The molecule has 2 aliphatic rings. The molecule has 0 spiro atoms. The molecule has 5 rings (SSSR count). The van der Waals surface area contributed by atoms with Gasteiger partial charge in [0.25, 0.3) is 0 Å². The van der Waals surface area contributed by atoms with Crippen LogP contribution in [0.2, 0.25) is 0 Å². The van der Waals surface area contributed by atoms with Crippen molar-refractivity contribution in [2.45, 2.75) is 52.1 Å². The first-order valence-corrected chi connectivity index (χ1v) is 14.2. The molecule has 0 fully saturated rings. The van der Waals surface area contributed by atoms with Gasteiger partial charge in [0.15, 0.2) is 5.78 Å². The molecule has 0 bridgehead atoms. The van der Waals surface area contributed by atoms with E-state index in [2.05, 4.69) is 5.32 Å². The average molecular weight is 552 g/mol. The number of methoxy groups -OCH3 is 1. The summed E-state index contributed by atoms with van der Waals surface area (Å²) in [5, 5.41) is 3.44. The molecule has 3 aromatic carbocycles. The number of hydrogen-bond donors (Lipinski definition) is 1. The summed E-state index contributed by atoms with van der Waals surface area (Å²) in [4.78, 5) is 27.6. The van der Waals surface area contributed by atoms with Gasteiger partial charge in [-0.25, -0.2) is 4.79 Å². The molecule has 41 heavy (non-hydrogen) atoms. The topological polar surface area (TPSA) is 73.9 Å². The van der Waals surface area contributed by atoms with E-state index < -0.39 is 11.9 Å². The molecular weight excluding hydrogens is 514 g/mol. The number of hydrogen-bond acceptors (Lipinski definition) is 6. The molecule has 0 saturated carbocycles. The fourth-order valence-corrected chi connectivity index (χ4v) is 5.64. The van der Waals surface area contributed by atoms with Crippen LogP contribution in [0.3, 0.4) is 0 Å². The Morgan fingerprint density at radius 2 is 1.66 bits per heavy atom. The third kappa shape index (κ3) is 6.22. The smallest absolute Gasteiger partial charge is 0.336 e. The number of Topliss-reactive ketones (excluding diaryl/α,β-unsaturated/α-hetero) is 1. The van der Waals surface area contributed by atoms with Gasteiger partial charge in [0, 0.05) is 29.0 Å². The van der Waals surface area contributed by atoms with Crippen LogP contribution >= 0.6 is 0 Å². The molecule has 0 amide bonds. The Hall–Kier alpha value is -4.32. The molecule has 3 aromatic rings. The predicted octanol–water partition coefficient (Wildman–Crippen LogP) is 6.84. The quantitative estimate of drug-likeness (QED) is 0.294. The third-order valence-corrected chi connectivity index (χ3v) is 7.65. The highest BCUT2D eigenvalue weighted by molar-refractivity contribution is 6.04. The zero-order chi connectivity index (χ0) is 28.9. The normalized spacial score (nSPS) is 18.6. The molecule has 1 aliphatic heterocycles. The van der Waals surface area contributed by atoms with Gasteiger partial charge in [-0.2, -0.15) is 0 Å². The minimum atomic E-state index is -0.595. The highest BCUT2D eigenvalue weighted by atomic mass is 16.5. The summed E-state index contributed by atoms with van der Waals surface area (Å²) in [6.45, 7) is 6.56. The van der Waals surface area contributed by atoms with Gasteiger partial charge in [-0.3, -0.25) is 4.79 Å². The maximum absolute atomic E-state index is 14.0. The first-order valence-electron chi connectivity index (χ1n) is 14.2. The van der Waals surface area contributed by atoms with Crippen LogP contribution in [-0.4, -0.2) is 25.5 Å². The molecule has 0 saturated heterocycles. The lowest BCUT2D eigenvalue weighted by molar-refractivity contribution is -0.140. The summed E-state index contributed by atoms with van der Waals surface area (Å²) in [6, 6.07) is 25.5. The van der Waals surface area contributed by atoms with Crippen LogP contribution in [0.5, 0.6) is 11.5 Å². The maximum atomic E-state index is 14.0. The molecule has 0 unspecified atom stereocenters. The molecule has 0 aromatic heterocycles. The van der Waals surface area contributed by atoms with Gasteiger partial charge in [-0.15, -0.1) is 0 Å². The molecule has 2 atom stereocenters. The first kappa shape index (κ1) is 28.2. The number of ether oxygens (including phenoxy) is 3. The highest BCUT2D eigenvalue weighted by Gasteiger charge is 2.42. The van der Waals surface area contributed by atoms with Crippen LogP contribution in [0.15, 0.2) is 101 Å². The van der Waals surface area contributed by atoms with Crippen molar-refractivity contribution in [1.29, 1.82) is 0 Å². The van der Waals surface area contributed by atoms with E-state index in [1.54, 1.807) is 7.11 Å². The van der Waals surface area contributed by atoms with Crippen molar-refractivity contribution in [1.82, 2.24) is 5.32 Å². The lowest BCUT2D eigenvalue weighted by Gasteiger charge is -2.37. The number of carbonyl (C=O) groups is 2. The minimum absolute atomic E-state index is 0.0177. The number of carbonyl (C=O) groups excluding carboxylic acids is 2. The maximum Gasteiger partial charge on any atom is 0.336 e. The molecule has 6 nitrogen and oxygen atoms in total. The molecule has 212 valence electrons. The van der Waals surface area contributed by atoms with Gasteiger partial charge >= 0.3 is 5.97 Å². The van der Waals surface area contributed by atoms with E-state index in [-0.39, 0.29) is 17.6 Å². The van der Waals surface area contributed by atoms with E-state index in [1.165, 1.54) is 0 Å². The van der Waals surface area contributed by atoms with Gasteiger partial charge in [0.05, 0.1) is 25.2 Å². The summed E-state index contributed by atoms with van der Waals surface area (Å²) in [7, 11) is 1.64. The number of esters is 1. The summed E-state index contributed by atoms with van der Waals surface area (Å²) < 4.78 is 17.4. The van der Waals surface area contributed by atoms with E-state index in [4.69, 9.17) is 14.2 Å². The van der Waals surface area contributed by atoms with Gasteiger partial charge in [-0.05, 0) is 54.5 Å². The van der Waals surface area contributed by atoms with Crippen molar-refractivity contribution >= 4 is 11.8 Å². The zero-order valence-corrected chi connectivity index (χ0v) is 24.1. The van der Waals surface area contributed by atoms with E-state index in [0.29, 0.717) is 48.6 Å². The lowest BCUT2D eigenvalue weighted by atomic mass is 9.71. The second-order valence-corrected chi connectivity index (χ2v) is 11.1. The summed E-state index contributed by atoms with van der Waals surface area (Å²) in [5.41, 5.74) is 5.52. The second-order valence-electron chi connectivity index (χ2n) is 11.1. The van der Waals surface area contributed by atoms with Gasteiger partial charge in [0.2, 0.25) is 0 Å². The standard InChI is InChI=1S/C35H37NO5/c1-22(2)20-41-35(38)32-23(3)36-29-18-26(25-14-16-27(39-4)17-15-25)19-30(37)34(29)33(32)28-12-8-9-13-31(28)40-21-24-10-6-5-7-11-24/h5-17,22,26,33,36H,18-21H2,1-4H3/t26-,33-/m0/s1. The lowest BCUT2D eigenvalue weighted by Crippen LogP contribution is -2.36. The number of allylic oxidation sites excluding steroid dienone is 3. The van der Waals surface area contributed by atoms with Crippen LogP contribution in [0.1, 0.15) is 62.1 Å². The molecule has 0 radical (unpaired) electrons. The number of benzene rings is 3. The van der Waals surface area contributed by atoms with Crippen LogP contribution in [-0.2, 0) is 20.9 Å². The molecule has 1 heterocycles. The third-order valence-electron chi connectivity index (χ3n) is 7.65. The summed E-state index contributed by atoms with van der Waals surface area (Å²) in [5.74, 6) is 0.638. The van der Waals surface area contributed by atoms with Crippen molar-refractivity contribution in [3.05, 3.63) is 118 Å². The van der Waals surface area contributed by atoms with E-state index >= 15 is 0 Å². The van der Waals surface area contributed by atoms with E-state index in [1.807, 2.05) is 99.6 Å². The molecular formula is C35H37NO5. The Labute approximate surface area is 242 Å². The predicted molar refractivity (Wildman–Crippen MR) is 159 cm³/mol. The van der Waals surface area contributed by atoms with Crippen LogP contribution in [0.25, 0.3) is 0 Å². The second kappa shape index (κ2) is 12.5. The Morgan fingerprint density at radius 1 is 0.951 bits per heavy atom. The number of para-hydroxylation sites is 1. The van der Waals surface area contributed by atoms with Crippen molar-refractivity contribution in [3.63, 3.8) is 0 Å². The van der Waals surface area contributed by atoms with Crippen LogP contribution in [0.4, 0.5) is 0 Å². The number of nitrogens with one attached hydrogen (secondary N) is 1. The highest BCUT2D eigenvalue weighted by Crippen LogP contribution is 2.48. The molecule has 1 N–H and O–H groups in total.